The Labute approximate surface area is 120 Å². The quantitative estimate of drug-likeness (QED) is 0.834. The molecule has 0 spiro atoms. The predicted molar refractivity (Wildman–Crippen MR) is 83.7 cm³/mol. The Morgan fingerprint density at radius 1 is 1.50 bits per heavy atom. The van der Waals surface area contributed by atoms with Gasteiger partial charge in [0, 0.05) is 11.3 Å². The number of thiophene rings is 1. The molecule has 1 fully saturated rings. The number of thioether (sulfide) groups is 1. The van der Waals surface area contributed by atoms with Gasteiger partial charge in [-0.15, -0.1) is 23.1 Å². The summed E-state index contributed by atoms with van der Waals surface area (Å²) in [5.74, 6) is 0. The lowest BCUT2D eigenvalue weighted by molar-refractivity contribution is 0.175. The van der Waals surface area contributed by atoms with Gasteiger partial charge in [-0.25, -0.2) is 0 Å². The largest absolute Gasteiger partial charge is 0.312 e. The standard InChI is InChI=1S/C15H25NS2/c1-4-10-16-14-12(7-5-9-15(14,2)3)18-13-8-6-11-17-13/h6,8,11-12,14,16H,4-5,7,9-10H2,1-3H3. The van der Waals surface area contributed by atoms with Crippen molar-refractivity contribution < 1.29 is 0 Å². The van der Waals surface area contributed by atoms with Gasteiger partial charge >= 0.3 is 0 Å². The van der Waals surface area contributed by atoms with Crippen LogP contribution in [-0.4, -0.2) is 17.8 Å². The van der Waals surface area contributed by atoms with E-state index in [0.29, 0.717) is 11.5 Å². The SMILES string of the molecule is CCCNC1C(Sc2cccs2)CCCC1(C)C. The Balaban J connectivity index is 2.05. The lowest BCUT2D eigenvalue weighted by atomic mass is 9.73. The maximum absolute atomic E-state index is 3.81. The smallest absolute Gasteiger partial charge is 0.0601 e. The van der Waals surface area contributed by atoms with Crippen LogP contribution in [0.25, 0.3) is 0 Å². The molecule has 102 valence electrons. The number of nitrogens with one attached hydrogen (secondary N) is 1. The van der Waals surface area contributed by atoms with Gasteiger partial charge in [0.05, 0.1) is 4.21 Å². The molecule has 1 saturated carbocycles. The van der Waals surface area contributed by atoms with Gasteiger partial charge in [-0.1, -0.05) is 33.3 Å². The molecule has 2 rings (SSSR count). The average molecular weight is 284 g/mol. The molecule has 1 aromatic heterocycles. The summed E-state index contributed by atoms with van der Waals surface area (Å²) in [6.07, 6.45) is 5.31. The van der Waals surface area contributed by atoms with E-state index in [1.165, 1.54) is 29.9 Å². The number of hydrogen-bond donors (Lipinski definition) is 1. The first kappa shape index (κ1) is 14.4. The summed E-state index contributed by atoms with van der Waals surface area (Å²) >= 11 is 3.97. The average Bonchev–Trinajstić information content (AvgIpc) is 2.80. The normalized spacial score (nSPS) is 27.3. The van der Waals surface area contributed by atoms with Gasteiger partial charge < -0.3 is 5.32 Å². The Bertz CT molecular complexity index is 345. The Morgan fingerprint density at radius 2 is 2.33 bits per heavy atom. The first-order valence-electron chi connectivity index (χ1n) is 7.07. The molecule has 1 heterocycles. The molecule has 2 unspecified atom stereocenters. The van der Waals surface area contributed by atoms with Crippen molar-refractivity contribution in [3.63, 3.8) is 0 Å². The summed E-state index contributed by atoms with van der Waals surface area (Å²) in [4.78, 5) is 0. The van der Waals surface area contributed by atoms with E-state index in [0.717, 1.165) is 11.8 Å². The fourth-order valence-corrected chi connectivity index (χ4v) is 5.45. The van der Waals surface area contributed by atoms with Crippen LogP contribution in [0.2, 0.25) is 0 Å². The van der Waals surface area contributed by atoms with Crippen molar-refractivity contribution in [1.82, 2.24) is 5.32 Å². The minimum Gasteiger partial charge on any atom is -0.312 e. The second-order valence-corrected chi connectivity index (χ2v) is 8.39. The van der Waals surface area contributed by atoms with E-state index in [1.807, 2.05) is 11.3 Å². The molecule has 0 aromatic carbocycles. The zero-order chi connectivity index (χ0) is 13.0. The van der Waals surface area contributed by atoms with E-state index in [4.69, 9.17) is 0 Å². The fourth-order valence-electron chi connectivity index (χ4n) is 2.90. The van der Waals surface area contributed by atoms with Crippen LogP contribution in [-0.2, 0) is 0 Å². The third kappa shape index (κ3) is 3.52. The molecule has 1 aliphatic carbocycles. The number of rotatable bonds is 5. The first-order valence-corrected chi connectivity index (χ1v) is 8.83. The van der Waals surface area contributed by atoms with E-state index < -0.39 is 0 Å². The minimum atomic E-state index is 0.433. The van der Waals surface area contributed by atoms with E-state index in [9.17, 15) is 0 Å². The summed E-state index contributed by atoms with van der Waals surface area (Å²) in [6.45, 7) is 8.27. The molecule has 0 amide bonds. The van der Waals surface area contributed by atoms with Crippen LogP contribution in [0.5, 0.6) is 0 Å². The van der Waals surface area contributed by atoms with E-state index in [-0.39, 0.29) is 0 Å². The maximum Gasteiger partial charge on any atom is 0.0601 e. The fraction of sp³-hybridized carbons (Fsp3) is 0.733. The molecule has 0 saturated heterocycles. The molecule has 3 heteroatoms. The molecule has 0 aliphatic heterocycles. The highest BCUT2D eigenvalue weighted by Crippen LogP contribution is 2.43. The lowest BCUT2D eigenvalue weighted by Gasteiger charge is -2.44. The van der Waals surface area contributed by atoms with Crippen LogP contribution in [0.15, 0.2) is 21.7 Å². The predicted octanol–water partition coefficient (Wildman–Crippen LogP) is 4.79. The third-order valence-corrected chi connectivity index (χ3v) is 6.32. The Hall–Kier alpha value is 0.01000. The molecular weight excluding hydrogens is 258 g/mol. The van der Waals surface area contributed by atoms with Crippen molar-refractivity contribution in [3.8, 4) is 0 Å². The highest BCUT2D eigenvalue weighted by molar-refractivity contribution is 8.01. The summed E-state index contributed by atoms with van der Waals surface area (Å²) < 4.78 is 1.47. The van der Waals surface area contributed by atoms with Crippen LogP contribution in [0, 0.1) is 5.41 Å². The minimum absolute atomic E-state index is 0.433. The highest BCUT2D eigenvalue weighted by Gasteiger charge is 2.38. The lowest BCUT2D eigenvalue weighted by Crippen LogP contribution is -2.51. The van der Waals surface area contributed by atoms with Gasteiger partial charge in [0.2, 0.25) is 0 Å². The van der Waals surface area contributed by atoms with Gasteiger partial charge in [-0.2, -0.15) is 0 Å². The van der Waals surface area contributed by atoms with Crippen LogP contribution in [0.3, 0.4) is 0 Å². The van der Waals surface area contributed by atoms with Crippen molar-refractivity contribution in [2.75, 3.05) is 6.54 Å². The summed E-state index contributed by atoms with van der Waals surface area (Å²) in [6, 6.07) is 5.07. The molecular formula is C15H25NS2. The van der Waals surface area contributed by atoms with Gasteiger partial charge in [-0.3, -0.25) is 0 Å². The maximum atomic E-state index is 3.81. The molecule has 1 aromatic rings. The second-order valence-electron chi connectivity index (χ2n) is 5.90. The Kier molecular flexibility index (Phi) is 5.16. The van der Waals surface area contributed by atoms with Crippen molar-refractivity contribution in [2.45, 2.75) is 62.0 Å². The van der Waals surface area contributed by atoms with Crippen LogP contribution in [0.4, 0.5) is 0 Å². The van der Waals surface area contributed by atoms with E-state index >= 15 is 0 Å². The topological polar surface area (TPSA) is 12.0 Å². The Morgan fingerprint density at radius 3 is 3.00 bits per heavy atom. The molecule has 1 aliphatic rings. The van der Waals surface area contributed by atoms with Gasteiger partial charge in [0.25, 0.3) is 0 Å². The monoisotopic (exact) mass is 283 g/mol. The van der Waals surface area contributed by atoms with E-state index in [2.05, 4.69) is 55.4 Å². The first-order chi connectivity index (χ1) is 8.63. The van der Waals surface area contributed by atoms with Crippen LogP contribution >= 0.6 is 23.1 Å². The zero-order valence-electron chi connectivity index (χ0n) is 11.7. The van der Waals surface area contributed by atoms with Crippen molar-refractivity contribution in [3.05, 3.63) is 17.5 Å². The molecule has 18 heavy (non-hydrogen) atoms. The van der Waals surface area contributed by atoms with Crippen molar-refractivity contribution in [1.29, 1.82) is 0 Å². The van der Waals surface area contributed by atoms with Crippen molar-refractivity contribution >= 4 is 23.1 Å². The number of hydrogen-bond acceptors (Lipinski definition) is 3. The molecule has 1 N–H and O–H groups in total. The van der Waals surface area contributed by atoms with Crippen LogP contribution < -0.4 is 5.32 Å². The second kappa shape index (κ2) is 6.44. The molecule has 1 nitrogen and oxygen atoms in total. The zero-order valence-corrected chi connectivity index (χ0v) is 13.4. The summed E-state index contributed by atoms with van der Waals surface area (Å²) in [5, 5.41) is 6.73. The summed E-state index contributed by atoms with van der Waals surface area (Å²) in [5.41, 5.74) is 0.433. The third-order valence-electron chi connectivity index (χ3n) is 3.90. The van der Waals surface area contributed by atoms with Crippen molar-refractivity contribution in [2.24, 2.45) is 5.41 Å². The van der Waals surface area contributed by atoms with E-state index in [1.54, 1.807) is 0 Å². The molecule has 2 atom stereocenters. The van der Waals surface area contributed by atoms with Gasteiger partial charge in [0.15, 0.2) is 0 Å². The molecule has 0 bridgehead atoms. The van der Waals surface area contributed by atoms with Gasteiger partial charge in [0.1, 0.15) is 0 Å². The summed E-state index contributed by atoms with van der Waals surface area (Å²) in [7, 11) is 0. The van der Waals surface area contributed by atoms with Gasteiger partial charge in [-0.05, 0) is 42.7 Å². The highest BCUT2D eigenvalue weighted by atomic mass is 32.2. The molecule has 0 radical (unpaired) electrons. The van der Waals surface area contributed by atoms with Crippen LogP contribution in [0.1, 0.15) is 46.5 Å².